The van der Waals surface area contributed by atoms with Crippen LogP contribution in [-0.4, -0.2) is 26.5 Å². The maximum atomic E-state index is 4.70. The molecule has 1 atom stereocenters. The zero-order valence-corrected chi connectivity index (χ0v) is 38.8. The van der Waals surface area contributed by atoms with E-state index < -0.39 is 0 Å². The van der Waals surface area contributed by atoms with E-state index in [2.05, 4.69) is 192 Å². The Hall–Kier alpha value is -7.11. The van der Waals surface area contributed by atoms with E-state index in [0.717, 1.165) is 76.1 Å². The third-order valence-electron chi connectivity index (χ3n) is 12.2. The van der Waals surface area contributed by atoms with Gasteiger partial charge >= 0.3 is 0 Å². The molecule has 6 heteroatoms. The minimum Gasteiger partial charge on any atom is -0.668 e. The van der Waals surface area contributed by atoms with Crippen molar-refractivity contribution in [1.82, 2.24) is 19.4 Å². The van der Waals surface area contributed by atoms with E-state index in [-0.39, 0.29) is 26.3 Å². The Kier molecular flexibility index (Phi) is 13.1. The molecule has 0 saturated carbocycles. The molecule has 0 spiro atoms. The summed E-state index contributed by atoms with van der Waals surface area (Å²) in [6, 6.07) is 69.6. The first-order chi connectivity index (χ1) is 31.5. The van der Waals surface area contributed by atoms with Gasteiger partial charge in [0.15, 0.2) is 0 Å². The van der Waals surface area contributed by atoms with Crippen LogP contribution in [-0.2, 0) is 52.8 Å². The summed E-state index contributed by atoms with van der Waals surface area (Å²) in [6.45, 7) is 0. The monoisotopic (exact) mass is 1020 g/mol. The molecule has 3 heterocycles. The zero-order valence-electron chi connectivity index (χ0n) is 36.5. The molecule has 0 bridgehead atoms. The molecule has 0 fully saturated rings. The van der Waals surface area contributed by atoms with Crippen molar-refractivity contribution in [3.05, 3.63) is 246 Å². The molecule has 7 aromatic carbocycles. The quantitative estimate of drug-likeness (QED) is 0.108. The molecule has 0 amide bonds. The van der Waals surface area contributed by atoms with Crippen LogP contribution in [0.4, 0.5) is 0 Å². The molecule has 2 aromatic heterocycles. The summed E-state index contributed by atoms with van der Waals surface area (Å²) in [5.74, 6) is 0.920. The molecule has 1 aliphatic heterocycles. The van der Waals surface area contributed by atoms with Crippen molar-refractivity contribution in [2.45, 2.75) is 31.8 Å². The molecular formula is C59H47IrN5-4. The number of aromatic nitrogens is 3. The van der Waals surface area contributed by atoms with E-state index in [1.807, 2.05) is 54.7 Å². The molecular weight excluding hydrogens is 971 g/mol. The van der Waals surface area contributed by atoms with Crippen molar-refractivity contribution in [2.24, 2.45) is 7.05 Å². The molecule has 321 valence electrons. The second-order valence-electron chi connectivity index (χ2n) is 16.5. The van der Waals surface area contributed by atoms with E-state index in [9.17, 15) is 0 Å². The van der Waals surface area contributed by atoms with Crippen LogP contribution in [0.3, 0.4) is 0 Å². The zero-order chi connectivity index (χ0) is 43.2. The van der Waals surface area contributed by atoms with E-state index in [1.165, 1.54) is 44.5 Å². The maximum absolute atomic E-state index is 4.70. The SMILES string of the molecule is CN1C=C[N-]C1c1[c-]cc(CCc2cc(CCc3c[c-]c(-c4nccn4C)cc3)cc(-c3ccccc3-c3c[c-]c(-c4ccccn4)cc3-c3ccc(-c4ccccc4)cc3)c2)cc1.[Ir]. The fourth-order valence-electron chi connectivity index (χ4n) is 8.72. The Morgan fingerprint density at radius 1 is 0.508 bits per heavy atom. The Labute approximate surface area is 396 Å². The van der Waals surface area contributed by atoms with Crippen molar-refractivity contribution in [3.8, 4) is 67.2 Å². The molecule has 10 rings (SSSR count). The van der Waals surface area contributed by atoms with Gasteiger partial charge in [0.05, 0.1) is 5.82 Å². The minimum absolute atomic E-state index is 0. The summed E-state index contributed by atoms with van der Waals surface area (Å²) in [4.78, 5) is 11.3. The van der Waals surface area contributed by atoms with E-state index in [0.29, 0.717) is 0 Å². The van der Waals surface area contributed by atoms with Gasteiger partial charge in [-0.3, -0.25) is 4.98 Å². The number of hydrogen-bond donors (Lipinski definition) is 0. The number of rotatable bonds is 13. The Bertz CT molecular complexity index is 3030. The van der Waals surface area contributed by atoms with E-state index in [4.69, 9.17) is 4.98 Å². The third kappa shape index (κ3) is 9.71. The maximum Gasteiger partial charge on any atom is 0.0555 e. The van der Waals surface area contributed by atoms with Gasteiger partial charge in [-0.1, -0.05) is 139 Å². The minimum atomic E-state index is -0.00468. The van der Waals surface area contributed by atoms with Gasteiger partial charge in [-0.05, 0) is 75.9 Å². The molecule has 65 heavy (non-hydrogen) atoms. The Morgan fingerprint density at radius 3 is 1.82 bits per heavy atom. The Morgan fingerprint density at radius 2 is 1.17 bits per heavy atom. The average Bonchev–Trinajstić information content (AvgIpc) is 4.00. The van der Waals surface area contributed by atoms with Crippen molar-refractivity contribution in [3.63, 3.8) is 0 Å². The van der Waals surface area contributed by atoms with Crippen LogP contribution in [0.5, 0.6) is 0 Å². The number of pyridine rings is 1. The summed E-state index contributed by atoms with van der Waals surface area (Å²) in [6.07, 6.45) is 13.1. The van der Waals surface area contributed by atoms with Crippen LogP contribution in [0.2, 0.25) is 0 Å². The molecule has 1 unspecified atom stereocenters. The van der Waals surface area contributed by atoms with Crippen LogP contribution in [0.25, 0.3) is 72.5 Å². The first-order valence-electron chi connectivity index (χ1n) is 22.0. The molecule has 1 aliphatic rings. The van der Waals surface area contributed by atoms with Crippen molar-refractivity contribution in [2.75, 3.05) is 7.05 Å². The fourth-order valence-corrected chi connectivity index (χ4v) is 8.72. The third-order valence-corrected chi connectivity index (χ3v) is 12.2. The average molecular weight is 1020 g/mol. The van der Waals surface area contributed by atoms with E-state index in [1.54, 1.807) is 0 Å². The normalized spacial score (nSPS) is 13.1. The molecule has 0 aliphatic carbocycles. The smallest absolute Gasteiger partial charge is 0.0555 e. The van der Waals surface area contributed by atoms with Crippen LogP contribution in [0.15, 0.2) is 195 Å². The molecule has 1 radical (unpaired) electrons. The van der Waals surface area contributed by atoms with Crippen LogP contribution < -0.4 is 0 Å². The van der Waals surface area contributed by atoms with Crippen molar-refractivity contribution in [1.29, 1.82) is 0 Å². The number of nitrogens with zero attached hydrogens (tertiary/aromatic N) is 5. The van der Waals surface area contributed by atoms with Gasteiger partial charge in [0.2, 0.25) is 0 Å². The summed E-state index contributed by atoms with van der Waals surface area (Å²) in [5.41, 5.74) is 18.4. The largest absolute Gasteiger partial charge is 0.668 e. The summed E-state index contributed by atoms with van der Waals surface area (Å²) < 4.78 is 2.03. The predicted molar refractivity (Wildman–Crippen MR) is 261 cm³/mol. The second-order valence-corrected chi connectivity index (χ2v) is 16.5. The van der Waals surface area contributed by atoms with Crippen molar-refractivity contribution >= 4 is 0 Å². The molecule has 5 nitrogen and oxygen atoms in total. The second kappa shape index (κ2) is 19.7. The first-order valence-corrected chi connectivity index (χ1v) is 22.0. The topological polar surface area (TPSA) is 48.1 Å². The first kappa shape index (κ1) is 43.2. The molecule has 0 saturated heterocycles. The Balaban J connectivity index is 0.00000533. The van der Waals surface area contributed by atoms with Crippen LogP contribution in [0, 0.1) is 18.2 Å². The van der Waals surface area contributed by atoms with Crippen molar-refractivity contribution < 1.29 is 20.1 Å². The van der Waals surface area contributed by atoms with Crippen LogP contribution in [0.1, 0.15) is 34.0 Å². The summed E-state index contributed by atoms with van der Waals surface area (Å²) in [7, 11) is 4.07. The van der Waals surface area contributed by atoms with Gasteiger partial charge in [-0.15, -0.1) is 59.2 Å². The van der Waals surface area contributed by atoms with Gasteiger partial charge in [0, 0.05) is 52.8 Å². The van der Waals surface area contributed by atoms with Gasteiger partial charge in [0.25, 0.3) is 0 Å². The molecule has 0 N–H and O–H groups in total. The van der Waals surface area contributed by atoms with Gasteiger partial charge in [-0.25, -0.2) is 0 Å². The summed E-state index contributed by atoms with van der Waals surface area (Å²) in [5, 5.41) is 4.61. The number of benzene rings is 7. The van der Waals surface area contributed by atoms with Gasteiger partial charge < -0.3 is 19.8 Å². The molecule has 9 aromatic rings. The van der Waals surface area contributed by atoms with Gasteiger partial charge in [0.1, 0.15) is 0 Å². The summed E-state index contributed by atoms with van der Waals surface area (Å²) >= 11 is 0. The standard InChI is InChI=1S/C59H47N5.Ir/c1-63-36-34-61-58(63)49-23-19-42(20-24-49)15-17-44-38-45(18-16-43-21-25-50(26-22-43)59-62-35-37-64(59)2)40-52(39-44)53-12-6-7-13-54(53)55-32-31-51(57-14-8-9-33-60-57)41-56(55)48-29-27-47(28-30-48)46-10-4-3-5-11-46;/h3-14,19-23,25,27-30,32-41,58H,15-18H2,1-2H3;/q-4;. The predicted octanol–water partition coefficient (Wildman–Crippen LogP) is 13.6. The fraction of sp³-hybridized carbons (Fsp3) is 0.119. The number of aryl methyl sites for hydroxylation is 5. The number of imidazole rings is 1. The van der Waals surface area contributed by atoms with Gasteiger partial charge in [-0.2, -0.15) is 41.6 Å². The van der Waals surface area contributed by atoms with E-state index >= 15 is 0 Å². The van der Waals surface area contributed by atoms with Crippen LogP contribution >= 0.6 is 0 Å². The number of hydrogen-bond acceptors (Lipinski definition) is 3.